The molecule has 2 rings (SSSR count). The summed E-state index contributed by atoms with van der Waals surface area (Å²) in [6, 6.07) is 12.2. The van der Waals surface area contributed by atoms with E-state index in [0.29, 0.717) is 0 Å². The Morgan fingerprint density at radius 1 is 1.14 bits per heavy atom. The highest BCUT2D eigenvalue weighted by Crippen LogP contribution is 2.26. The van der Waals surface area contributed by atoms with E-state index in [0.717, 1.165) is 16.6 Å². The van der Waals surface area contributed by atoms with Crippen LogP contribution in [0.15, 0.2) is 35.7 Å². The van der Waals surface area contributed by atoms with E-state index in [9.17, 15) is 0 Å². The van der Waals surface area contributed by atoms with Crippen LogP contribution >= 0.6 is 11.3 Å². The lowest BCUT2D eigenvalue weighted by molar-refractivity contribution is 0.413. The lowest BCUT2D eigenvalue weighted by Crippen LogP contribution is -1.83. The van der Waals surface area contributed by atoms with Crippen LogP contribution < -0.4 is 9.47 Å². The van der Waals surface area contributed by atoms with Crippen LogP contribution in [0, 0.1) is 6.07 Å². The smallest absolute Gasteiger partial charge is 0.181 e. The fraction of sp³-hybridized carbons (Fsp3) is 0.0909. The van der Waals surface area contributed by atoms with Crippen LogP contribution in [0.4, 0.5) is 0 Å². The standard InChI is InChI=1S/C11H9O2S/c1-12-9-4-6-10(7-5-9)13-11-3-2-8-14-11/h3-8H,1H3. The number of benzene rings is 1. The Kier molecular flexibility index (Phi) is 2.70. The third-order valence-electron chi connectivity index (χ3n) is 1.72. The topological polar surface area (TPSA) is 18.5 Å². The van der Waals surface area contributed by atoms with Gasteiger partial charge in [-0.15, -0.1) is 11.3 Å². The minimum Gasteiger partial charge on any atom is -0.497 e. The average Bonchev–Trinajstić information content (AvgIpc) is 2.72. The summed E-state index contributed by atoms with van der Waals surface area (Å²) in [6.45, 7) is 0. The maximum atomic E-state index is 5.55. The molecule has 0 N–H and O–H groups in total. The van der Waals surface area contributed by atoms with Crippen molar-refractivity contribution in [2.24, 2.45) is 0 Å². The van der Waals surface area contributed by atoms with Crippen molar-refractivity contribution in [2.75, 3.05) is 7.11 Å². The quantitative estimate of drug-likeness (QED) is 0.765. The molecule has 0 bridgehead atoms. The van der Waals surface area contributed by atoms with E-state index in [-0.39, 0.29) is 0 Å². The predicted octanol–water partition coefficient (Wildman–Crippen LogP) is 3.35. The summed E-state index contributed by atoms with van der Waals surface area (Å²) in [5.41, 5.74) is 0. The van der Waals surface area contributed by atoms with Crippen molar-refractivity contribution >= 4 is 11.3 Å². The Morgan fingerprint density at radius 3 is 2.43 bits per heavy atom. The summed E-state index contributed by atoms with van der Waals surface area (Å²) < 4.78 is 10.6. The van der Waals surface area contributed by atoms with Crippen molar-refractivity contribution in [3.05, 3.63) is 41.8 Å². The summed E-state index contributed by atoms with van der Waals surface area (Å²) in [6.07, 6.45) is 0. The monoisotopic (exact) mass is 205 g/mol. The zero-order valence-electron chi connectivity index (χ0n) is 7.69. The third-order valence-corrected chi connectivity index (χ3v) is 2.41. The van der Waals surface area contributed by atoms with Gasteiger partial charge in [0.05, 0.1) is 7.11 Å². The van der Waals surface area contributed by atoms with E-state index in [1.165, 1.54) is 11.3 Å². The molecule has 0 amide bonds. The fourth-order valence-corrected chi connectivity index (χ4v) is 1.57. The maximum Gasteiger partial charge on any atom is 0.181 e. The van der Waals surface area contributed by atoms with E-state index in [4.69, 9.17) is 9.47 Å². The number of thiophene rings is 1. The van der Waals surface area contributed by atoms with Crippen molar-refractivity contribution in [3.8, 4) is 16.6 Å². The zero-order valence-corrected chi connectivity index (χ0v) is 8.51. The Labute approximate surface area is 86.7 Å². The number of hydrogen-bond acceptors (Lipinski definition) is 3. The molecular formula is C11H9O2S. The van der Waals surface area contributed by atoms with Gasteiger partial charge in [-0.1, -0.05) is 0 Å². The molecule has 14 heavy (non-hydrogen) atoms. The zero-order chi connectivity index (χ0) is 9.80. The SMILES string of the molecule is COc1ccc(Oc2c[c]cs2)cc1. The van der Waals surface area contributed by atoms with Gasteiger partial charge in [0.2, 0.25) is 0 Å². The van der Waals surface area contributed by atoms with Gasteiger partial charge in [-0.25, -0.2) is 0 Å². The van der Waals surface area contributed by atoms with Gasteiger partial charge in [-0.3, -0.25) is 0 Å². The normalized spacial score (nSPS) is 9.79. The Balaban J connectivity index is 2.10. The predicted molar refractivity (Wildman–Crippen MR) is 56.2 cm³/mol. The molecule has 0 atom stereocenters. The van der Waals surface area contributed by atoms with E-state index < -0.39 is 0 Å². The second kappa shape index (κ2) is 4.15. The lowest BCUT2D eigenvalue weighted by Gasteiger charge is -2.03. The van der Waals surface area contributed by atoms with Gasteiger partial charge in [0.15, 0.2) is 5.06 Å². The molecule has 1 radical (unpaired) electrons. The number of hydrogen-bond donors (Lipinski definition) is 0. The molecule has 0 aliphatic rings. The summed E-state index contributed by atoms with van der Waals surface area (Å²) in [5.74, 6) is 1.64. The molecule has 1 aromatic carbocycles. The highest BCUT2D eigenvalue weighted by atomic mass is 32.1. The maximum absolute atomic E-state index is 5.55. The van der Waals surface area contributed by atoms with Crippen molar-refractivity contribution in [3.63, 3.8) is 0 Å². The molecule has 3 heteroatoms. The number of ether oxygens (including phenoxy) is 2. The lowest BCUT2D eigenvalue weighted by atomic mass is 10.3. The molecule has 0 fully saturated rings. The van der Waals surface area contributed by atoms with Crippen LogP contribution in [-0.4, -0.2) is 7.11 Å². The Hall–Kier alpha value is -1.48. The molecular weight excluding hydrogens is 196 g/mol. The molecule has 1 heterocycles. The third kappa shape index (κ3) is 2.06. The van der Waals surface area contributed by atoms with Crippen LogP contribution in [0.5, 0.6) is 16.6 Å². The van der Waals surface area contributed by atoms with Gasteiger partial charge >= 0.3 is 0 Å². The first kappa shape index (κ1) is 9.09. The van der Waals surface area contributed by atoms with Crippen molar-refractivity contribution < 1.29 is 9.47 Å². The highest BCUT2D eigenvalue weighted by Gasteiger charge is 1.97. The van der Waals surface area contributed by atoms with Gasteiger partial charge in [-0.05, 0) is 30.3 Å². The molecule has 0 aliphatic heterocycles. The minimum absolute atomic E-state index is 0.807. The molecule has 2 nitrogen and oxygen atoms in total. The van der Waals surface area contributed by atoms with Gasteiger partial charge in [0, 0.05) is 11.4 Å². The average molecular weight is 205 g/mol. The summed E-state index contributed by atoms with van der Waals surface area (Å²) in [5, 5.41) is 2.70. The van der Waals surface area contributed by atoms with Crippen molar-refractivity contribution in [1.82, 2.24) is 0 Å². The van der Waals surface area contributed by atoms with Crippen molar-refractivity contribution in [2.45, 2.75) is 0 Å². The van der Waals surface area contributed by atoms with Gasteiger partial charge in [-0.2, -0.15) is 0 Å². The second-order valence-corrected chi connectivity index (χ2v) is 3.52. The molecule has 1 aromatic heterocycles. The van der Waals surface area contributed by atoms with Crippen LogP contribution in [-0.2, 0) is 0 Å². The van der Waals surface area contributed by atoms with Gasteiger partial charge < -0.3 is 9.47 Å². The molecule has 0 saturated carbocycles. The molecule has 0 saturated heterocycles. The van der Waals surface area contributed by atoms with Gasteiger partial charge in [0.25, 0.3) is 0 Å². The number of rotatable bonds is 3. The Morgan fingerprint density at radius 2 is 1.86 bits per heavy atom. The minimum atomic E-state index is 0.807. The summed E-state index contributed by atoms with van der Waals surface area (Å²) >= 11 is 1.52. The number of methoxy groups -OCH3 is 1. The van der Waals surface area contributed by atoms with E-state index in [1.807, 2.05) is 35.7 Å². The fourth-order valence-electron chi connectivity index (χ4n) is 1.04. The van der Waals surface area contributed by atoms with Crippen LogP contribution in [0.2, 0.25) is 0 Å². The van der Waals surface area contributed by atoms with E-state index >= 15 is 0 Å². The van der Waals surface area contributed by atoms with Crippen LogP contribution in [0.1, 0.15) is 0 Å². The van der Waals surface area contributed by atoms with E-state index in [1.54, 1.807) is 7.11 Å². The summed E-state index contributed by atoms with van der Waals surface area (Å²) in [7, 11) is 1.64. The van der Waals surface area contributed by atoms with E-state index in [2.05, 4.69) is 6.07 Å². The Bertz CT molecular complexity index is 378. The van der Waals surface area contributed by atoms with Crippen LogP contribution in [0.25, 0.3) is 0 Å². The highest BCUT2D eigenvalue weighted by molar-refractivity contribution is 7.11. The summed E-state index contributed by atoms with van der Waals surface area (Å²) in [4.78, 5) is 0. The molecule has 0 spiro atoms. The molecule has 0 unspecified atom stereocenters. The van der Waals surface area contributed by atoms with Crippen molar-refractivity contribution in [1.29, 1.82) is 0 Å². The van der Waals surface area contributed by atoms with Crippen LogP contribution in [0.3, 0.4) is 0 Å². The first-order valence-corrected chi connectivity index (χ1v) is 5.03. The first-order chi connectivity index (χ1) is 6.88. The van der Waals surface area contributed by atoms with Gasteiger partial charge in [0.1, 0.15) is 11.5 Å². The second-order valence-electron chi connectivity index (χ2n) is 2.64. The molecule has 2 aromatic rings. The first-order valence-electron chi connectivity index (χ1n) is 4.15. The molecule has 71 valence electrons. The molecule has 0 aliphatic carbocycles. The largest absolute Gasteiger partial charge is 0.497 e.